The van der Waals surface area contributed by atoms with Crippen LogP contribution in [0.3, 0.4) is 0 Å². The van der Waals surface area contributed by atoms with Crippen LogP contribution in [0.5, 0.6) is 5.75 Å². The molecule has 0 saturated carbocycles. The van der Waals surface area contributed by atoms with Gasteiger partial charge in [-0.1, -0.05) is 25.1 Å². The number of rotatable bonds is 6. The summed E-state index contributed by atoms with van der Waals surface area (Å²) in [6.45, 7) is 6.72. The monoisotopic (exact) mass is 293 g/mol. The summed E-state index contributed by atoms with van der Waals surface area (Å²) < 4.78 is 5.77. The van der Waals surface area contributed by atoms with Gasteiger partial charge in [-0.2, -0.15) is 0 Å². The molecule has 0 heterocycles. The van der Waals surface area contributed by atoms with Gasteiger partial charge >= 0.3 is 5.97 Å². The molecule has 0 saturated heterocycles. The van der Waals surface area contributed by atoms with Crippen LogP contribution in [0.15, 0.2) is 24.3 Å². The molecule has 0 aliphatic heterocycles. The van der Waals surface area contributed by atoms with E-state index < -0.39 is 17.6 Å². The number of aliphatic carboxylic acids is 1. The molecule has 1 atom stereocenters. The van der Waals surface area contributed by atoms with Crippen molar-refractivity contribution in [1.29, 1.82) is 0 Å². The number of ether oxygens (including phenoxy) is 1. The topological polar surface area (TPSA) is 66.8 Å². The van der Waals surface area contributed by atoms with Crippen LogP contribution in [0.2, 0.25) is 0 Å². The number of likely N-dealkylation sites (N-methyl/N-ethyl adjacent to an activating group) is 1. The Morgan fingerprint density at radius 1 is 1.33 bits per heavy atom. The lowest BCUT2D eigenvalue weighted by atomic mass is 10.0. The van der Waals surface area contributed by atoms with E-state index in [4.69, 9.17) is 4.74 Å². The van der Waals surface area contributed by atoms with Gasteiger partial charge in [0, 0.05) is 7.05 Å². The van der Waals surface area contributed by atoms with Crippen molar-refractivity contribution in [3.8, 4) is 5.75 Å². The Balaban J connectivity index is 2.93. The van der Waals surface area contributed by atoms with Crippen LogP contribution in [0.4, 0.5) is 0 Å². The third-order valence-corrected chi connectivity index (χ3v) is 3.70. The fourth-order valence-electron chi connectivity index (χ4n) is 1.79. The molecule has 0 fully saturated rings. The predicted octanol–water partition coefficient (Wildman–Crippen LogP) is 2.47. The average molecular weight is 293 g/mol. The number of para-hydroxylation sites is 1. The van der Waals surface area contributed by atoms with Crippen molar-refractivity contribution in [2.24, 2.45) is 0 Å². The minimum absolute atomic E-state index is 0.340. The number of nitrogens with zero attached hydrogens (tertiary/aromatic N) is 1. The minimum atomic E-state index is -1.28. The van der Waals surface area contributed by atoms with Crippen molar-refractivity contribution >= 4 is 11.9 Å². The maximum atomic E-state index is 12.5. The van der Waals surface area contributed by atoms with E-state index in [0.29, 0.717) is 12.2 Å². The molecule has 0 aromatic heterocycles. The van der Waals surface area contributed by atoms with E-state index in [1.807, 2.05) is 32.0 Å². The lowest BCUT2D eigenvalue weighted by molar-refractivity contribution is -0.158. The van der Waals surface area contributed by atoms with E-state index in [0.717, 1.165) is 5.56 Å². The number of carbonyl (C=O) groups excluding carboxylic acids is 1. The SMILES string of the molecule is CCC(Oc1ccccc1C)C(=O)N(C)C(C)(C)C(=O)O. The number of hydrogen-bond acceptors (Lipinski definition) is 3. The van der Waals surface area contributed by atoms with E-state index in [1.54, 1.807) is 6.07 Å². The second-order valence-electron chi connectivity index (χ2n) is 5.54. The molecule has 0 aliphatic rings. The van der Waals surface area contributed by atoms with Crippen molar-refractivity contribution in [3.63, 3.8) is 0 Å². The summed E-state index contributed by atoms with van der Waals surface area (Å²) in [4.78, 5) is 25.0. The Morgan fingerprint density at radius 2 is 1.90 bits per heavy atom. The maximum absolute atomic E-state index is 12.5. The largest absolute Gasteiger partial charge is 0.480 e. The van der Waals surface area contributed by atoms with Crippen molar-refractivity contribution < 1.29 is 19.4 Å². The Morgan fingerprint density at radius 3 is 2.38 bits per heavy atom. The number of hydrogen-bond donors (Lipinski definition) is 1. The van der Waals surface area contributed by atoms with E-state index in [2.05, 4.69) is 0 Å². The van der Waals surface area contributed by atoms with Gasteiger partial charge in [0.1, 0.15) is 11.3 Å². The fourth-order valence-corrected chi connectivity index (χ4v) is 1.79. The molecule has 0 radical (unpaired) electrons. The van der Waals surface area contributed by atoms with Crippen LogP contribution in [0.1, 0.15) is 32.8 Å². The van der Waals surface area contributed by atoms with Crippen LogP contribution in [0, 0.1) is 6.92 Å². The van der Waals surface area contributed by atoms with Gasteiger partial charge in [0.05, 0.1) is 0 Å². The summed E-state index contributed by atoms with van der Waals surface area (Å²) in [5.74, 6) is -0.753. The molecule has 1 unspecified atom stereocenters. The number of carboxylic acids is 1. The minimum Gasteiger partial charge on any atom is -0.480 e. The highest BCUT2D eigenvalue weighted by Crippen LogP contribution is 2.21. The molecule has 1 N–H and O–H groups in total. The highest BCUT2D eigenvalue weighted by atomic mass is 16.5. The summed E-state index contributed by atoms with van der Waals surface area (Å²) in [6, 6.07) is 7.43. The van der Waals surface area contributed by atoms with Gasteiger partial charge in [-0.3, -0.25) is 4.79 Å². The third kappa shape index (κ3) is 3.74. The quantitative estimate of drug-likeness (QED) is 0.875. The van der Waals surface area contributed by atoms with Crippen LogP contribution in [0.25, 0.3) is 0 Å². The molecule has 0 spiro atoms. The van der Waals surface area contributed by atoms with Crippen molar-refractivity contribution in [2.45, 2.75) is 45.8 Å². The normalized spacial score (nSPS) is 12.6. The Hall–Kier alpha value is -2.04. The molecule has 0 bridgehead atoms. The smallest absolute Gasteiger partial charge is 0.329 e. The second kappa shape index (κ2) is 6.61. The number of carboxylic acid groups (broad SMARTS) is 1. The first-order valence-electron chi connectivity index (χ1n) is 6.95. The summed E-state index contributed by atoms with van der Waals surface area (Å²) in [7, 11) is 1.49. The van der Waals surface area contributed by atoms with Gasteiger partial charge in [0.15, 0.2) is 6.10 Å². The zero-order chi connectivity index (χ0) is 16.2. The molecule has 1 amide bonds. The van der Waals surface area contributed by atoms with Gasteiger partial charge < -0.3 is 14.7 Å². The summed E-state index contributed by atoms with van der Waals surface area (Å²) in [6.07, 6.45) is -0.234. The third-order valence-electron chi connectivity index (χ3n) is 3.70. The average Bonchev–Trinajstić information content (AvgIpc) is 2.44. The molecule has 1 aromatic rings. The van der Waals surface area contributed by atoms with Crippen LogP contribution in [-0.2, 0) is 9.59 Å². The fraction of sp³-hybridized carbons (Fsp3) is 0.500. The zero-order valence-corrected chi connectivity index (χ0v) is 13.2. The van der Waals surface area contributed by atoms with Gasteiger partial charge in [-0.25, -0.2) is 4.79 Å². The van der Waals surface area contributed by atoms with Crippen molar-refractivity contribution in [3.05, 3.63) is 29.8 Å². The molecule has 0 aliphatic carbocycles. The number of amides is 1. The highest BCUT2D eigenvalue weighted by Gasteiger charge is 2.38. The Kier molecular flexibility index (Phi) is 5.35. The van der Waals surface area contributed by atoms with Gasteiger partial charge in [-0.05, 0) is 38.8 Å². The second-order valence-corrected chi connectivity index (χ2v) is 5.54. The van der Waals surface area contributed by atoms with Gasteiger partial charge in [-0.15, -0.1) is 0 Å². The van der Waals surface area contributed by atoms with E-state index in [1.165, 1.54) is 25.8 Å². The zero-order valence-electron chi connectivity index (χ0n) is 13.2. The van der Waals surface area contributed by atoms with Crippen molar-refractivity contribution in [1.82, 2.24) is 4.90 Å². The molecule has 21 heavy (non-hydrogen) atoms. The van der Waals surface area contributed by atoms with Crippen LogP contribution in [-0.4, -0.2) is 40.6 Å². The lowest BCUT2D eigenvalue weighted by Crippen LogP contribution is -2.54. The lowest BCUT2D eigenvalue weighted by Gasteiger charge is -2.34. The Labute approximate surface area is 125 Å². The Bertz CT molecular complexity index is 525. The molecular formula is C16H23NO4. The molecule has 5 nitrogen and oxygen atoms in total. The van der Waals surface area contributed by atoms with Crippen LogP contribution >= 0.6 is 0 Å². The van der Waals surface area contributed by atoms with E-state index >= 15 is 0 Å². The van der Waals surface area contributed by atoms with E-state index in [9.17, 15) is 14.7 Å². The number of aryl methyl sites for hydroxylation is 1. The summed E-state index contributed by atoms with van der Waals surface area (Å²) in [5.41, 5.74) is -0.344. The number of benzene rings is 1. The molecular weight excluding hydrogens is 270 g/mol. The molecule has 5 heteroatoms. The molecule has 1 aromatic carbocycles. The molecule has 116 valence electrons. The maximum Gasteiger partial charge on any atom is 0.329 e. The van der Waals surface area contributed by atoms with Crippen molar-refractivity contribution in [2.75, 3.05) is 7.05 Å². The summed E-state index contributed by atoms with van der Waals surface area (Å²) in [5, 5.41) is 9.21. The summed E-state index contributed by atoms with van der Waals surface area (Å²) >= 11 is 0. The predicted molar refractivity (Wildman–Crippen MR) is 80.4 cm³/mol. The first-order chi connectivity index (χ1) is 9.71. The first-order valence-corrected chi connectivity index (χ1v) is 6.95. The number of carbonyl (C=O) groups is 2. The standard InChI is InChI=1S/C16H23NO4/c1-6-12(21-13-10-8-7-9-11(13)2)14(18)17(5)16(3,4)15(19)20/h7-10,12H,6H2,1-5H3,(H,19,20). The molecule has 1 rings (SSSR count). The van der Waals surface area contributed by atoms with Gasteiger partial charge in [0.2, 0.25) is 0 Å². The first kappa shape index (κ1) is 17.0. The highest BCUT2D eigenvalue weighted by molar-refractivity contribution is 5.88. The van der Waals surface area contributed by atoms with E-state index in [-0.39, 0.29) is 5.91 Å². The van der Waals surface area contributed by atoms with Crippen LogP contribution < -0.4 is 4.74 Å². The van der Waals surface area contributed by atoms with Gasteiger partial charge in [0.25, 0.3) is 5.91 Å².